The molecular weight excluding hydrogens is 419 g/mol. The Morgan fingerprint density at radius 2 is 2.00 bits per heavy atom. The molecule has 0 saturated heterocycles. The molecule has 26 heavy (non-hydrogen) atoms. The summed E-state index contributed by atoms with van der Waals surface area (Å²) in [6.45, 7) is 0.153. The summed E-state index contributed by atoms with van der Waals surface area (Å²) in [6, 6.07) is 8.61. The average molecular weight is 433 g/mol. The molecule has 0 radical (unpaired) electrons. The van der Waals surface area contributed by atoms with Crippen molar-refractivity contribution in [3.63, 3.8) is 0 Å². The van der Waals surface area contributed by atoms with Crippen LogP contribution in [0.4, 0.5) is 0 Å². The Bertz CT molecular complexity index is 998. The quantitative estimate of drug-likeness (QED) is 0.603. The van der Waals surface area contributed by atoms with Crippen LogP contribution in [0.3, 0.4) is 0 Å². The number of nitrogens with one attached hydrogen (secondary N) is 1. The number of nitrogens with zero attached hydrogens (tertiary/aromatic N) is 1. The van der Waals surface area contributed by atoms with Crippen LogP contribution in [0, 0.1) is 0 Å². The molecule has 0 bridgehead atoms. The third kappa shape index (κ3) is 4.39. The van der Waals surface area contributed by atoms with E-state index in [-0.39, 0.29) is 15.8 Å². The highest BCUT2D eigenvalue weighted by Gasteiger charge is 2.20. The van der Waals surface area contributed by atoms with Gasteiger partial charge in [0.25, 0.3) is 0 Å². The molecule has 0 amide bonds. The molecule has 6 nitrogen and oxygen atoms in total. The number of hydrogen-bond acceptors (Lipinski definition) is 6. The van der Waals surface area contributed by atoms with Crippen molar-refractivity contribution in [1.29, 1.82) is 0 Å². The molecule has 0 aliphatic rings. The topological polar surface area (TPSA) is 81.4 Å². The lowest BCUT2D eigenvalue weighted by Crippen LogP contribution is -2.25. The lowest BCUT2D eigenvalue weighted by Gasteiger charge is -2.04. The molecule has 138 valence electrons. The molecule has 0 atom stereocenters. The Morgan fingerprint density at radius 1 is 1.27 bits per heavy atom. The number of sulfonamides is 1. The van der Waals surface area contributed by atoms with Crippen molar-refractivity contribution >= 4 is 44.6 Å². The van der Waals surface area contributed by atoms with Crippen LogP contribution >= 0.6 is 34.5 Å². The molecule has 0 spiro atoms. The second kappa shape index (κ2) is 7.98. The molecule has 0 aliphatic carbocycles. The fourth-order valence-electron chi connectivity index (χ4n) is 2.19. The second-order valence-corrected chi connectivity index (χ2v) is 9.23. The van der Waals surface area contributed by atoms with Crippen LogP contribution in [0.15, 0.2) is 45.9 Å². The van der Waals surface area contributed by atoms with Crippen molar-refractivity contribution in [2.24, 2.45) is 0 Å². The number of rotatable bonds is 7. The highest BCUT2D eigenvalue weighted by Crippen LogP contribution is 2.34. The normalized spacial score (nSPS) is 11.7. The van der Waals surface area contributed by atoms with Gasteiger partial charge in [0.2, 0.25) is 15.9 Å². The van der Waals surface area contributed by atoms with E-state index in [1.807, 2.05) is 24.3 Å². The summed E-state index contributed by atoms with van der Waals surface area (Å²) in [5.41, 5.74) is 1.44. The largest absolute Gasteiger partial charge is 0.497 e. The monoisotopic (exact) mass is 432 g/mol. The van der Waals surface area contributed by atoms with Crippen molar-refractivity contribution in [3.05, 3.63) is 51.0 Å². The standard InChI is InChI=1S/C16H14Cl2N2O4S2/c1-23-12-4-2-10(3-5-12)16-20-11(9-24-16)6-7-19-26(21,22)13-8-14(17)25-15(13)18/h2-5,8-9,19H,6-7H2,1H3. The van der Waals surface area contributed by atoms with Gasteiger partial charge < -0.3 is 9.15 Å². The average Bonchev–Trinajstić information content (AvgIpc) is 3.21. The summed E-state index contributed by atoms with van der Waals surface area (Å²) in [4.78, 5) is 4.34. The number of hydrogen-bond donors (Lipinski definition) is 1. The number of oxazole rings is 1. The third-order valence-electron chi connectivity index (χ3n) is 3.48. The van der Waals surface area contributed by atoms with E-state index < -0.39 is 10.0 Å². The first-order valence-electron chi connectivity index (χ1n) is 7.42. The lowest BCUT2D eigenvalue weighted by molar-refractivity contribution is 0.415. The van der Waals surface area contributed by atoms with Gasteiger partial charge in [0.1, 0.15) is 21.2 Å². The van der Waals surface area contributed by atoms with Crippen LogP contribution in [0.1, 0.15) is 5.69 Å². The Morgan fingerprint density at radius 3 is 2.62 bits per heavy atom. The smallest absolute Gasteiger partial charge is 0.242 e. The molecule has 0 unspecified atom stereocenters. The zero-order chi connectivity index (χ0) is 18.7. The molecule has 0 saturated carbocycles. The number of thiophene rings is 1. The Balaban J connectivity index is 1.62. The van der Waals surface area contributed by atoms with Gasteiger partial charge in [-0.3, -0.25) is 0 Å². The van der Waals surface area contributed by atoms with E-state index in [1.54, 1.807) is 7.11 Å². The van der Waals surface area contributed by atoms with Crippen LogP contribution in [-0.2, 0) is 16.4 Å². The molecule has 3 rings (SSSR count). The number of halogens is 2. The van der Waals surface area contributed by atoms with E-state index in [2.05, 4.69) is 9.71 Å². The van der Waals surface area contributed by atoms with Crippen molar-refractivity contribution in [3.8, 4) is 17.2 Å². The van der Waals surface area contributed by atoms with Crippen molar-refractivity contribution in [2.45, 2.75) is 11.3 Å². The van der Waals surface area contributed by atoms with Gasteiger partial charge in [-0.05, 0) is 30.3 Å². The Hall–Kier alpha value is -1.58. The summed E-state index contributed by atoms with van der Waals surface area (Å²) in [5.74, 6) is 1.19. The van der Waals surface area contributed by atoms with Gasteiger partial charge in [0.15, 0.2) is 0 Å². The number of benzene rings is 1. The van der Waals surface area contributed by atoms with Crippen LogP contribution in [0.2, 0.25) is 8.67 Å². The zero-order valence-electron chi connectivity index (χ0n) is 13.5. The van der Waals surface area contributed by atoms with Gasteiger partial charge in [-0.1, -0.05) is 23.2 Å². The molecule has 1 N–H and O–H groups in total. The SMILES string of the molecule is COc1ccc(-c2nc(CCNS(=O)(=O)c3cc(Cl)sc3Cl)co2)cc1. The molecule has 0 fully saturated rings. The number of ether oxygens (including phenoxy) is 1. The van der Waals surface area contributed by atoms with Crippen LogP contribution < -0.4 is 9.46 Å². The van der Waals surface area contributed by atoms with Gasteiger partial charge in [-0.25, -0.2) is 18.1 Å². The van der Waals surface area contributed by atoms with Gasteiger partial charge >= 0.3 is 0 Å². The fraction of sp³-hybridized carbons (Fsp3) is 0.188. The van der Waals surface area contributed by atoms with Crippen LogP contribution in [0.25, 0.3) is 11.5 Å². The van der Waals surface area contributed by atoms with E-state index in [0.29, 0.717) is 22.3 Å². The van der Waals surface area contributed by atoms with E-state index in [4.69, 9.17) is 32.4 Å². The summed E-state index contributed by atoms with van der Waals surface area (Å²) in [7, 11) is -2.13. The van der Waals surface area contributed by atoms with Crippen molar-refractivity contribution < 1.29 is 17.6 Å². The first-order chi connectivity index (χ1) is 12.4. The summed E-state index contributed by atoms with van der Waals surface area (Å²) in [6.07, 6.45) is 1.87. The van der Waals surface area contributed by atoms with Gasteiger partial charge in [-0.2, -0.15) is 0 Å². The second-order valence-electron chi connectivity index (χ2n) is 5.21. The van der Waals surface area contributed by atoms with Crippen molar-refractivity contribution in [1.82, 2.24) is 9.71 Å². The molecule has 0 aliphatic heterocycles. The summed E-state index contributed by atoms with van der Waals surface area (Å²) >= 11 is 12.7. The predicted octanol–water partition coefficient (Wildman–Crippen LogP) is 4.24. The van der Waals surface area contributed by atoms with Gasteiger partial charge in [0, 0.05) is 18.5 Å². The van der Waals surface area contributed by atoms with Gasteiger partial charge in [-0.15, -0.1) is 11.3 Å². The minimum Gasteiger partial charge on any atom is -0.497 e. The highest BCUT2D eigenvalue weighted by atomic mass is 35.5. The van der Waals surface area contributed by atoms with Crippen molar-refractivity contribution in [2.75, 3.05) is 13.7 Å². The van der Waals surface area contributed by atoms with E-state index in [1.165, 1.54) is 12.3 Å². The summed E-state index contributed by atoms with van der Waals surface area (Å²) in [5, 5.41) is 0. The summed E-state index contributed by atoms with van der Waals surface area (Å²) < 4.78 is 38.0. The fourth-order valence-corrected chi connectivity index (χ4v) is 5.37. The number of aromatic nitrogens is 1. The number of methoxy groups -OCH3 is 1. The van der Waals surface area contributed by atoms with Gasteiger partial charge in [0.05, 0.1) is 17.1 Å². The maximum atomic E-state index is 12.2. The third-order valence-corrected chi connectivity index (χ3v) is 6.69. The molecule has 10 heteroatoms. The van der Waals surface area contributed by atoms with E-state index in [9.17, 15) is 8.42 Å². The zero-order valence-corrected chi connectivity index (χ0v) is 16.7. The Kier molecular flexibility index (Phi) is 5.89. The highest BCUT2D eigenvalue weighted by molar-refractivity contribution is 7.89. The first-order valence-corrected chi connectivity index (χ1v) is 10.5. The first kappa shape index (κ1) is 19.2. The van der Waals surface area contributed by atoms with E-state index >= 15 is 0 Å². The molecule has 3 aromatic rings. The predicted molar refractivity (Wildman–Crippen MR) is 102 cm³/mol. The lowest BCUT2D eigenvalue weighted by atomic mass is 10.2. The maximum Gasteiger partial charge on any atom is 0.242 e. The van der Waals surface area contributed by atoms with Crippen LogP contribution in [-0.4, -0.2) is 27.1 Å². The minimum atomic E-state index is -3.72. The van der Waals surface area contributed by atoms with E-state index in [0.717, 1.165) is 22.6 Å². The molecule has 2 heterocycles. The maximum absolute atomic E-state index is 12.2. The molecular formula is C16H14Cl2N2O4S2. The molecule has 1 aromatic carbocycles. The van der Waals surface area contributed by atoms with Crippen LogP contribution in [0.5, 0.6) is 5.75 Å². The molecule has 2 aromatic heterocycles. The Labute approximate surface area is 164 Å². The minimum absolute atomic E-state index is 0.0201.